The fraction of sp³-hybridized carbons (Fsp3) is 0.143. The Kier molecular flexibility index (Phi) is 4.31. The van der Waals surface area contributed by atoms with Gasteiger partial charge in [0.25, 0.3) is 5.91 Å². The van der Waals surface area contributed by atoms with Crippen molar-refractivity contribution in [3.8, 4) is 0 Å². The second kappa shape index (κ2) is 6.17. The highest BCUT2D eigenvalue weighted by molar-refractivity contribution is 6.17. The highest BCUT2D eigenvalue weighted by Gasteiger charge is 2.04. The van der Waals surface area contributed by atoms with E-state index >= 15 is 0 Å². The number of amides is 1. The zero-order chi connectivity index (χ0) is 12.8. The molecule has 0 radical (unpaired) electrons. The van der Waals surface area contributed by atoms with Gasteiger partial charge in [0.2, 0.25) is 0 Å². The molecule has 0 saturated heterocycles. The van der Waals surface area contributed by atoms with Crippen LogP contribution in [0.1, 0.15) is 21.5 Å². The Morgan fingerprint density at radius 2 is 1.72 bits per heavy atom. The summed E-state index contributed by atoms with van der Waals surface area (Å²) in [5.74, 6) is 0.367. The van der Waals surface area contributed by atoms with Crippen molar-refractivity contribution >= 4 is 17.5 Å². The Balaban J connectivity index is 1.95. The van der Waals surface area contributed by atoms with Crippen molar-refractivity contribution in [1.29, 1.82) is 0 Å². The summed E-state index contributed by atoms with van der Waals surface area (Å²) in [5, 5.41) is 2.85. The Labute approximate surface area is 111 Å². The first-order valence-corrected chi connectivity index (χ1v) is 6.15. The van der Waals surface area contributed by atoms with Crippen LogP contribution in [-0.2, 0) is 12.4 Å². The fourth-order valence-corrected chi connectivity index (χ4v) is 1.71. The molecule has 0 saturated carbocycles. The first kappa shape index (κ1) is 12.6. The fourth-order valence-electron chi connectivity index (χ4n) is 1.53. The maximum absolute atomic E-state index is 11.9. The number of nitrogens with zero attached hydrogens (tertiary/aromatic N) is 1. The molecular formula is C14H13ClN2O. The standard InChI is InChI=1S/C14H13ClN2O/c15-9-11-1-3-13(4-2-11)14(18)17-10-12-5-7-16-8-6-12/h1-8H,9-10H2,(H,17,18). The number of rotatable bonds is 4. The van der Waals surface area contributed by atoms with Gasteiger partial charge in [0.1, 0.15) is 0 Å². The molecule has 0 aliphatic carbocycles. The highest BCUT2D eigenvalue weighted by Crippen LogP contribution is 2.07. The van der Waals surface area contributed by atoms with Gasteiger partial charge >= 0.3 is 0 Å². The van der Waals surface area contributed by atoms with Gasteiger partial charge in [-0.1, -0.05) is 12.1 Å². The number of benzene rings is 1. The van der Waals surface area contributed by atoms with Crippen molar-refractivity contribution in [2.75, 3.05) is 0 Å². The number of carbonyl (C=O) groups excluding carboxylic acids is 1. The maximum Gasteiger partial charge on any atom is 0.251 e. The SMILES string of the molecule is O=C(NCc1ccncc1)c1ccc(CCl)cc1. The highest BCUT2D eigenvalue weighted by atomic mass is 35.5. The number of nitrogens with one attached hydrogen (secondary N) is 1. The number of hydrogen-bond donors (Lipinski definition) is 1. The van der Waals surface area contributed by atoms with Crippen LogP contribution in [0.5, 0.6) is 0 Å². The Morgan fingerprint density at radius 1 is 1.06 bits per heavy atom. The molecule has 0 fully saturated rings. The van der Waals surface area contributed by atoms with Gasteiger partial charge < -0.3 is 5.32 Å². The van der Waals surface area contributed by atoms with Gasteiger partial charge in [-0.3, -0.25) is 9.78 Å². The molecule has 0 bridgehead atoms. The van der Waals surface area contributed by atoms with E-state index < -0.39 is 0 Å². The molecule has 0 spiro atoms. The van der Waals surface area contributed by atoms with Gasteiger partial charge in [-0.15, -0.1) is 11.6 Å². The summed E-state index contributed by atoms with van der Waals surface area (Å²) in [6, 6.07) is 11.0. The second-order valence-corrected chi connectivity index (χ2v) is 4.14. The molecule has 2 rings (SSSR count). The number of halogens is 1. The molecule has 1 amide bonds. The number of alkyl halides is 1. The molecule has 3 nitrogen and oxygen atoms in total. The van der Waals surface area contributed by atoms with Crippen LogP contribution in [0, 0.1) is 0 Å². The molecule has 4 heteroatoms. The van der Waals surface area contributed by atoms with E-state index in [1.807, 2.05) is 24.3 Å². The third kappa shape index (κ3) is 3.31. The van der Waals surface area contributed by atoms with Crippen LogP contribution in [0.3, 0.4) is 0 Å². The third-order valence-corrected chi connectivity index (χ3v) is 2.88. The largest absolute Gasteiger partial charge is 0.348 e. The summed E-state index contributed by atoms with van der Waals surface area (Å²) < 4.78 is 0. The van der Waals surface area contributed by atoms with Crippen LogP contribution in [0.15, 0.2) is 48.8 Å². The molecule has 2 aromatic rings. The van der Waals surface area contributed by atoms with E-state index in [-0.39, 0.29) is 5.91 Å². The van der Waals surface area contributed by atoms with E-state index in [2.05, 4.69) is 10.3 Å². The molecule has 92 valence electrons. The van der Waals surface area contributed by atoms with Gasteiger partial charge in [-0.2, -0.15) is 0 Å². The molecule has 0 aliphatic rings. The molecule has 1 aromatic carbocycles. The van der Waals surface area contributed by atoms with Crippen LogP contribution >= 0.6 is 11.6 Å². The van der Waals surface area contributed by atoms with Crippen molar-refractivity contribution in [2.24, 2.45) is 0 Å². The van der Waals surface area contributed by atoms with E-state index in [4.69, 9.17) is 11.6 Å². The number of hydrogen-bond acceptors (Lipinski definition) is 2. The lowest BCUT2D eigenvalue weighted by Crippen LogP contribution is -2.22. The molecule has 1 aromatic heterocycles. The molecule has 0 atom stereocenters. The van der Waals surface area contributed by atoms with Gasteiger partial charge in [0.15, 0.2) is 0 Å². The Morgan fingerprint density at radius 3 is 2.33 bits per heavy atom. The van der Waals surface area contributed by atoms with Crippen LogP contribution < -0.4 is 5.32 Å². The zero-order valence-corrected chi connectivity index (χ0v) is 10.5. The van der Waals surface area contributed by atoms with Crippen molar-refractivity contribution in [3.63, 3.8) is 0 Å². The molecule has 0 aliphatic heterocycles. The minimum absolute atomic E-state index is 0.0899. The lowest BCUT2D eigenvalue weighted by molar-refractivity contribution is 0.0951. The predicted molar refractivity (Wildman–Crippen MR) is 71.4 cm³/mol. The zero-order valence-electron chi connectivity index (χ0n) is 9.77. The summed E-state index contributed by atoms with van der Waals surface area (Å²) in [4.78, 5) is 15.8. The molecule has 18 heavy (non-hydrogen) atoms. The Hall–Kier alpha value is -1.87. The molecule has 1 heterocycles. The van der Waals surface area contributed by atoms with Gasteiger partial charge in [-0.05, 0) is 35.4 Å². The van der Waals surface area contributed by atoms with Crippen molar-refractivity contribution in [3.05, 3.63) is 65.5 Å². The maximum atomic E-state index is 11.9. The van der Waals surface area contributed by atoms with Crippen LogP contribution in [-0.4, -0.2) is 10.9 Å². The molecule has 1 N–H and O–H groups in total. The lowest BCUT2D eigenvalue weighted by Gasteiger charge is -2.05. The van der Waals surface area contributed by atoms with E-state index in [0.29, 0.717) is 18.0 Å². The minimum Gasteiger partial charge on any atom is -0.348 e. The van der Waals surface area contributed by atoms with E-state index in [1.165, 1.54) is 0 Å². The van der Waals surface area contributed by atoms with Gasteiger partial charge in [0, 0.05) is 30.4 Å². The number of pyridine rings is 1. The average Bonchev–Trinajstić information content (AvgIpc) is 2.46. The predicted octanol–water partition coefficient (Wildman–Crippen LogP) is 2.75. The Bertz CT molecular complexity index is 511. The van der Waals surface area contributed by atoms with Crippen molar-refractivity contribution in [2.45, 2.75) is 12.4 Å². The summed E-state index contributed by atoms with van der Waals surface area (Å²) in [6.45, 7) is 0.499. The lowest BCUT2D eigenvalue weighted by atomic mass is 10.1. The monoisotopic (exact) mass is 260 g/mol. The van der Waals surface area contributed by atoms with Crippen LogP contribution in [0.4, 0.5) is 0 Å². The topological polar surface area (TPSA) is 42.0 Å². The number of carbonyl (C=O) groups is 1. The van der Waals surface area contributed by atoms with E-state index in [9.17, 15) is 4.79 Å². The van der Waals surface area contributed by atoms with E-state index in [1.54, 1.807) is 24.5 Å². The third-order valence-electron chi connectivity index (χ3n) is 2.57. The molecular weight excluding hydrogens is 248 g/mol. The quantitative estimate of drug-likeness (QED) is 0.859. The average molecular weight is 261 g/mol. The van der Waals surface area contributed by atoms with Crippen LogP contribution in [0.2, 0.25) is 0 Å². The van der Waals surface area contributed by atoms with Crippen molar-refractivity contribution < 1.29 is 4.79 Å². The van der Waals surface area contributed by atoms with Crippen molar-refractivity contribution in [1.82, 2.24) is 10.3 Å². The van der Waals surface area contributed by atoms with Gasteiger partial charge in [-0.25, -0.2) is 0 Å². The minimum atomic E-state index is -0.0899. The van der Waals surface area contributed by atoms with Crippen LogP contribution in [0.25, 0.3) is 0 Å². The first-order chi connectivity index (χ1) is 8.79. The summed E-state index contributed by atoms with van der Waals surface area (Å²) in [7, 11) is 0. The second-order valence-electron chi connectivity index (χ2n) is 3.87. The molecule has 0 unspecified atom stereocenters. The first-order valence-electron chi connectivity index (χ1n) is 5.61. The smallest absolute Gasteiger partial charge is 0.251 e. The summed E-state index contributed by atoms with van der Waals surface area (Å²) in [5.41, 5.74) is 2.66. The number of aromatic nitrogens is 1. The summed E-state index contributed by atoms with van der Waals surface area (Å²) >= 11 is 5.69. The summed E-state index contributed by atoms with van der Waals surface area (Å²) in [6.07, 6.45) is 3.41. The van der Waals surface area contributed by atoms with E-state index in [0.717, 1.165) is 11.1 Å². The normalized spacial score (nSPS) is 10.1. The van der Waals surface area contributed by atoms with Gasteiger partial charge in [0.05, 0.1) is 0 Å².